The van der Waals surface area contributed by atoms with Crippen LogP contribution in [0, 0.1) is 0 Å². The zero-order valence-electron chi connectivity index (χ0n) is 14.2. The van der Waals surface area contributed by atoms with Gasteiger partial charge in [0.05, 0.1) is 18.5 Å². The van der Waals surface area contributed by atoms with E-state index in [4.69, 9.17) is 4.74 Å². The van der Waals surface area contributed by atoms with Gasteiger partial charge in [-0.05, 0) is 12.1 Å². The Balaban J connectivity index is 3.56. The molecule has 0 saturated heterocycles. The molecule has 1 rings (SSSR count). The van der Waals surface area contributed by atoms with E-state index in [9.17, 15) is 18.0 Å². The van der Waals surface area contributed by atoms with Gasteiger partial charge in [0.15, 0.2) is 21.4 Å². The van der Waals surface area contributed by atoms with Crippen molar-refractivity contribution in [2.75, 3.05) is 50.1 Å². The van der Waals surface area contributed by atoms with E-state index in [1.807, 2.05) is 0 Å². The largest absolute Gasteiger partial charge is 0.492 e. The van der Waals surface area contributed by atoms with E-state index < -0.39 is 21.4 Å². The standard InChI is InChI=1S/C15H22N2O5S/c1-10(18)17(4)13-8-11(14(19)9-23(6,20)21)7-12(16(2)3)15(13)22-5/h7-8H,9H2,1-6H3. The summed E-state index contributed by atoms with van der Waals surface area (Å²) in [4.78, 5) is 27.0. The quantitative estimate of drug-likeness (QED) is 0.716. The maximum Gasteiger partial charge on any atom is 0.223 e. The molecule has 0 fully saturated rings. The van der Waals surface area contributed by atoms with Crippen molar-refractivity contribution in [1.82, 2.24) is 0 Å². The third kappa shape index (κ3) is 4.69. The SMILES string of the molecule is COc1c(N(C)C)cc(C(=O)CS(C)(=O)=O)cc1N(C)C(C)=O. The number of ketones is 1. The van der Waals surface area contributed by atoms with Gasteiger partial charge in [-0.15, -0.1) is 0 Å². The van der Waals surface area contributed by atoms with E-state index in [0.717, 1.165) is 6.26 Å². The number of sulfone groups is 1. The van der Waals surface area contributed by atoms with Crippen LogP contribution in [0.1, 0.15) is 17.3 Å². The van der Waals surface area contributed by atoms with Crippen molar-refractivity contribution in [2.45, 2.75) is 6.92 Å². The summed E-state index contributed by atoms with van der Waals surface area (Å²) in [7, 11) is 3.11. The van der Waals surface area contributed by atoms with E-state index >= 15 is 0 Å². The van der Waals surface area contributed by atoms with Crippen LogP contribution in [0.25, 0.3) is 0 Å². The van der Waals surface area contributed by atoms with Crippen molar-refractivity contribution in [3.8, 4) is 5.75 Å². The maximum absolute atomic E-state index is 12.2. The molecule has 0 aliphatic carbocycles. The minimum absolute atomic E-state index is 0.211. The van der Waals surface area contributed by atoms with Crippen molar-refractivity contribution in [2.24, 2.45) is 0 Å². The van der Waals surface area contributed by atoms with Gasteiger partial charge in [-0.1, -0.05) is 0 Å². The lowest BCUT2D eigenvalue weighted by Gasteiger charge is -2.24. The topological polar surface area (TPSA) is 84.0 Å². The van der Waals surface area contributed by atoms with Crippen LogP contribution in [-0.4, -0.2) is 60.4 Å². The average molecular weight is 342 g/mol. The van der Waals surface area contributed by atoms with Gasteiger partial charge in [-0.2, -0.15) is 0 Å². The van der Waals surface area contributed by atoms with E-state index in [1.54, 1.807) is 32.1 Å². The highest BCUT2D eigenvalue weighted by molar-refractivity contribution is 7.91. The molecule has 0 unspecified atom stereocenters. The molecule has 0 bridgehead atoms. The van der Waals surface area contributed by atoms with Gasteiger partial charge < -0.3 is 14.5 Å². The number of carbonyl (C=O) groups excluding carboxylic acids is 2. The minimum Gasteiger partial charge on any atom is -0.492 e. The summed E-state index contributed by atoms with van der Waals surface area (Å²) in [5.41, 5.74) is 1.20. The Labute approximate surface area is 136 Å². The first kappa shape index (κ1) is 19.0. The van der Waals surface area contributed by atoms with Gasteiger partial charge in [0, 0.05) is 39.9 Å². The molecule has 0 N–H and O–H groups in total. The van der Waals surface area contributed by atoms with Gasteiger partial charge in [-0.25, -0.2) is 8.42 Å². The zero-order valence-corrected chi connectivity index (χ0v) is 15.0. The van der Waals surface area contributed by atoms with Crippen LogP contribution in [0.4, 0.5) is 11.4 Å². The smallest absolute Gasteiger partial charge is 0.223 e. The highest BCUT2D eigenvalue weighted by atomic mass is 32.2. The molecule has 0 heterocycles. The molecule has 7 nitrogen and oxygen atoms in total. The van der Waals surface area contributed by atoms with E-state index in [2.05, 4.69) is 0 Å². The fourth-order valence-corrected chi connectivity index (χ4v) is 2.68. The summed E-state index contributed by atoms with van der Waals surface area (Å²) in [6, 6.07) is 3.03. The Kier molecular flexibility index (Phi) is 5.76. The maximum atomic E-state index is 12.2. The van der Waals surface area contributed by atoms with Gasteiger partial charge in [-0.3, -0.25) is 9.59 Å². The molecule has 0 radical (unpaired) electrons. The number of amides is 1. The second kappa shape index (κ2) is 6.99. The van der Waals surface area contributed by atoms with Crippen molar-refractivity contribution in [3.05, 3.63) is 17.7 Å². The van der Waals surface area contributed by atoms with Crippen LogP contribution in [0.15, 0.2) is 12.1 Å². The molecule has 0 spiro atoms. The molecule has 1 aromatic rings. The Morgan fingerprint density at radius 1 is 1.13 bits per heavy atom. The first-order valence-electron chi connectivity index (χ1n) is 6.82. The van der Waals surface area contributed by atoms with Gasteiger partial charge in [0.25, 0.3) is 0 Å². The lowest BCUT2D eigenvalue weighted by atomic mass is 10.1. The Morgan fingerprint density at radius 2 is 1.65 bits per heavy atom. The predicted molar refractivity (Wildman–Crippen MR) is 90.4 cm³/mol. The number of nitrogens with zero attached hydrogens (tertiary/aromatic N) is 2. The normalized spacial score (nSPS) is 11.0. The number of anilines is 2. The first-order valence-corrected chi connectivity index (χ1v) is 8.88. The van der Waals surface area contributed by atoms with Crippen LogP contribution < -0.4 is 14.5 Å². The van der Waals surface area contributed by atoms with Gasteiger partial charge >= 0.3 is 0 Å². The zero-order chi connectivity index (χ0) is 17.9. The molecule has 0 saturated carbocycles. The highest BCUT2D eigenvalue weighted by Crippen LogP contribution is 2.38. The second-order valence-corrected chi connectivity index (χ2v) is 7.65. The lowest BCUT2D eigenvalue weighted by molar-refractivity contribution is -0.116. The monoisotopic (exact) mass is 342 g/mol. The molecule has 0 aliphatic heterocycles. The Hall–Kier alpha value is -2.09. The Bertz CT molecular complexity index is 726. The third-order valence-corrected chi connectivity index (χ3v) is 4.07. The molecule has 1 aromatic carbocycles. The average Bonchev–Trinajstić information content (AvgIpc) is 2.42. The summed E-state index contributed by atoms with van der Waals surface area (Å²) < 4.78 is 28.1. The number of Topliss-reactive ketones (excluding diaryl/α,β-unsaturated/α-hetero) is 1. The molecular weight excluding hydrogens is 320 g/mol. The second-order valence-electron chi connectivity index (χ2n) is 5.51. The van der Waals surface area contributed by atoms with Crippen LogP contribution in [0.2, 0.25) is 0 Å². The molecule has 0 aromatic heterocycles. The van der Waals surface area contributed by atoms with Gasteiger partial charge in [0.2, 0.25) is 5.91 Å². The molecule has 23 heavy (non-hydrogen) atoms. The van der Waals surface area contributed by atoms with Crippen LogP contribution in [0.3, 0.4) is 0 Å². The van der Waals surface area contributed by atoms with Crippen molar-refractivity contribution < 1.29 is 22.7 Å². The molecular formula is C15H22N2O5S. The predicted octanol–water partition coefficient (Wildman–Crippen LogP) is 0.971. The molecule has 1 amide bonds. The highest BCUT2D eigenvalue weighted by Gasteiger charge is 2.22. The van der Waals surface area contributed by atoms with Crippen molar-refractivity contribution in [3.63, 3.8) is 0 Å². The number of hydrogen-bond donors (Lipinski definition) is 0. The van der Waals surface area contributed by atoms with Crippen LogP contribution in [-0.2, 0) is 14.6 Å². The van der Waals surface area contributed by atoms with Crippen LogP contribution >= 0.6 is 0 Å². The summed E-state index contributed by atoms with van der Waals surface area (Å²) in [6.45, 7) is 1.39. The molecule has 0 atom stereocenters. The van der Waals surface area contributed by atoms with E-state index in [0.29, 0.717) is 17.1 Å². The number of ether oxygens (including phenoxy) is 1. The van der Waals surface area contributed by atoms with E-state index in [1.165, 1.54) is 25.0 Å². The summed E-state index contributed by atoms with van der Waals surface area (Å²) in [5, 5.41) is 0. The number of carbonyl (C=O) groups is 2. The van der Waals surface area contributed by atoms with Crippen molar-refractivity contribution in [1.29, 1.82) is 0 Å². The van der Waals surface area contributed by atoms with Crippen LogP contribution in [0.5, 0.6) is 5.75 Å². The van der Waals surface area contributed by atoms with Crippen molar-refractivity contribution >= 4 is 32.9 Å². The fraction of sp³-hybridized carbons (Fsp3) is 0.467. The number of rotatable bonds is 6. The lowest BCUT2D eigenvalue weighted by Crippen LogP contribution is -2.25. The minimum atomic E-state index is -3.44. The third-order valence-electron chi connectivity index (χ3n) is 3.28. The summed E-state index contributed by atoms with van der Waals surface area (Å²) in [6.07, 6.45) is 1.00. The summed E-state index contributed by atoms with van der Waals surface area (Å²) in [5.74, 6) is -0.920. The number of benzene rings is 1. The molecule has 0 aliphatic rings. The molecule has 8 heteroatoms. The number of hydrogen-bond acceptors (Lipinski definition) is 6. The Morgan fingerprint density at radius 3 is 2.04 bits per heavy atom. The number of methoxy groups -OCH3 is 1. The fourth-order valence-electron chi connectivity index (χ4n) is 2.04. The summed E-state index contributed by atoms with van der Waals surface area (Å²) >= 11 is 0. The van der Waals surface area contributed by atoms with Gasteiger partial charge in [0.1, 0.15) is 5.75 Å². The molecule has 128 valence electrons. The first-order chi connectivity index (χ1) is 10.5. The van der Waals surface area contributed by atoms with E-state index in [-0.39, 0.29) is 11.5 Å².